The molecule has 34 heavy (non-hydrogen) atoms. The van der Waals surface area contributed by atoms with E-state index in [9.17, 15) is 19.2 Å². The Bertz CT molecular complexity index is 1360. The molecule has 0 spiro atoms. The van der Waals surface area contributed by atoms with Gasteiger partial charge in [0.1, 0.15) is 0 Å². The van der Waals surface area contributed by atoms with Crippen molar-refractivity contribution in [2.75, 3.05) is 6.61 Å². The third-order valence-corrected chi connectivity index (χ3v) is 6.39. The number of rotatable bonds is 5. The van der Waals surface area contributed by atoms with E-state index in [0.717, 1.165) is 16.7 Å². The Hall–Kier alpha value is -3.77. The average Bonchev–Trinajstić information content (AvgIpc) is 2.82. The predicted octanol–water partition coefficient (Wildman–Crippen LogP) is 4.77. The largest absolute Gasteiger partial charge is 0.452 e. The van der Waals surface area contributed by atoms with Crippen molar-refractivity contribution < 1.29 is 23.9 Å². The predicted molar refractivity (Wildman–Crippen MR) is 128 cm³/mol. The van der Waals surface area contributed by atoms with Crippen molar-refractivity contribution in [1.82, 2.24) is 5.32 Å². The van der Waals surface area contributed by atoms with Crippen molar-refractivity contribution in [3.05, 3.63) is 104 Å². The number of amides is 1. The first-order valence-electron chi connectivity index (χ1n) is 10.7. The Morgan fingerprint density at radius 2 is 1.59 bits per heavy atom. The van der Waals surface area contributed by atoms with Crippen LogP contribution >= 0.6 is 11.6 Å². The summed E-state index contributed by atoms with van der Waals surface area (Å²) in [5.41, 5.74) is 3.73. The highest BCUT2D eigenvalue weighted by Gasteiger charge is 2.33. The van der Waals surface area contributed by atoms with Gasteiger partial charge >= 0.3 is 5.97 Å². The van der Waals surface area contributed by atoms with Gasteiger partial charge in [-0.15, -0.1) is 0 Å². The summed E-state index contributed by atoms with van der Waals surface area (Å²) >= 11 is 6.38. The number of halogens is 1. The van der Waals surface area contributed by atoms with Gasteiger partial charge in [0.25, 0.3) is 5.91 Å². The van der Waals surface area contributed by atoms with Crippen molar-refractivity contribution in [1.29, 1.82) is 0 Å². The summed E-state index contributed by atoms with van der Waals surface area (Å²) in [6, 6.07) is 14.8. The van der Waals surface area contributed by atoms with Gasteiger partial charge in [0, 0.05) is 16.7 Å². The van der Waals surface area contributed by atoms with E-state index >= 15 is 0 Å². The summed E-state index contributed by atoms with van der Waals surface area (Å²) in [6.07, 6.45) is 0. The number of benzene rings is 3. The summed E-state index contributed by atoms with van der Waals surface area (Å²) in [5, 5.41) is 2.62. The van der Waals surface area contributed by atoms with Crippen LogP contribution in [-0.2, 0) is 9.53 Å². The van der Waals surface area contributed by atoms with Crippen molar-refractivity contribution in [3.63, 3.8) is 0 Å². The van der Waals surface area contributed by atoms with E-state index in [0.29, 0.717) is 5.56 Å². The van der Waals surface area contributed by atoms with Crippen LogP contribution in [-0.4, -0.2) is 30.0 Å². The molecule has 4 rings (SSSR count). The molecule has 172 valence electrons. The van der Waals surface area contributed by atoms with Gasteiger partial charge < -0.3 is 10.1 Å². The normalized spacial score (nSPS) is 13.1. The summed E-state index contributed by atoms with van der Waals surface area (Å²) in [4.78, 5) is 50.7. The molecule has 0 bridgehead atoms. The van der Waals surface area contributed by atoms with E-state index in [1.165, 1.54) is 12.1 Å². The number of ketones is 2. The zero-order valence-corrected chi connectivity index (χ0v) is 19.7. The monoisotopic (exact) mass is 475 g/mol. The molecule has 0 saturated heterocycles. The molecule has 3 aromatic carbocycles. The number of hydrogen-bond acceptors (Lipinski definition) is 5. The second-order valence-electron chi connectivity index (χ2n) is 8.26. The number of nitrogens with one attached hydrogen (secondary N) is 1. The molecule has 1 N–H and O–H groups in total. The van der Waals surface area contributed by atoms with Crippen molar-refractivity contribution in [3.8, 4) is 0 Å². The van der Waals surface area contributed by atoms with Crippen LogP contribution in [0.1, 0.15) is 71.9 Å². The zero-order chi connectivity index (χ0) is 24.6. The number of carbonyl (C=O) groups is 4. The molecule has 0 aliphatic heterocycles. The summed E-state index contributed by atoms with van der Waals surface area (Å²) in [6.45, 7) is 5.33. The van der Waals surface area contributed by atoms with Crippen molar-refractivity contribution >= 4 is 35.0 Å². The second-order valence-corrected chi connectivity index (χ2v) is 8.64. The molecule has 1 aliphatic rings. The minimum Gasteiger partial charge on any atom is -0.452 e. The maximum atomic E-state index is 13.0. The molecule has 1 aliphatic carbocycles. The first-order valence-corrected chi connectivity index (χ1v) is 11.1. The fraction of sp³-hybridized carbons (Fsp3) is 0.185. The minimum absolute atomic E-state index is 0.0346. The molecule has 0 unspecified atom stereocenters. The first kappa shape index (κ1) is 23.4. The molecular formula is C27H22ClNO5. The smallest absolute Gasteiger partial charge is 0.340 e. The topological polar surface area (TPSA) is 89.5 Å². The number of fused-ring (bicyclic) bond motifs is 2. The number of carbonyl (C=O) groups excluding carboxylic acids is 4. The summed E-state index contributed by atoms with van der Waals surface area (Å²) < 4.78 is 5.14. The molecule has 1 atom stereocenters. The third-order valence-electron chi connectivity index (χ3n) is 5.99. The number of ether oxygens (including phenoxy) is 1. The van der Waals surface area contributed by atoms with Crippen LogP contribution in [0.3, 0.4) is 0 Å². The summed E-state index contributed by atoms with van der Waals surface area (Å²) in [7, 11) is 0. The Morgan fingerprint density at radius 3 is 2.26 bits per heavy atom. The number of esters is 1. The van der Waals surface area contributed by atoms with E-state index in [1.54, 1.807) is 24.3 Å². The molecule has 0 radical (unpaired) electrons. The molecule has 0 heterocycles. The van der Waals surface area contributed by atoms with E-state index in [-0.39, 0.29) is 39.1 Å². The zero-order valence-electron chi connectivity index (χ0n) is 18.9. The highest BCUT2D eigenvalue weighted by atomic mass is 35.5. The molecular weight excluding hydrogens is 454 g/mol. The van der Waals surface area contributed by atoms with Gasteiger partial charge in [-0.1, -0.05) is 54.1 Å². The Balaban J connectivity index is 1.47. The fourth-order valence-corrected chi connectivity index (χ4v) is 4.24. The van der Waals surface area contributed by atoms with Crippen LogP contribution in [0.4, 0.5) is 0 Å². The van der Waals surface area contributed by atoms with Crippen LogP contribution in [0, 0.1) is 13.8 Å². The lowest BCUT2D eigenvalue weighted by molar-refractivity contribution is -0.124. The van der Waals surface area contributed by atoms with E-state index < -0.39 is 24.3 Å². The molecule has 7 heteroatoms. The lowest BCUT2D eigenvalue weighted by Gasteiger charge is -2.19. The van der Waals surface area contributed by atoms with Gasteiger partial charge in [-0.2, -0.15) is 0 Å². The maximum absolute atomic E-state index is 13.0. The Kier molecular flexibility index (Phi) is 6.35. The minimum atomic E-state index is -0.860. The lowest BCUT2D eigenvalue weighted by atomic mass is 9.83. The standard InChI is InChI=1S/C27H22ClNO5/c1-14-8-9-17(12-15(14)2)16(3)29-22(30)13-34-27(33)21-11-10-20-23(24(21)28)26(32)19-7-5-4-6-18(19)25(20)31/h4-12,16H,13H2,1-3H3,(H,29,30)/t16-/m1/s1. The number of aryl methyl sites for hydroxylation is 2. The fourth-order valence-electron chi connectivity index (χ4n) is 3.91. The second kappa shape index (κ2) is 9.23. The van der Waals surface area contributed by atoms with Crippen molar-refractivity contribution in [2.24, 2.45) is 0 Å². The molecule has 0 fully saturated rings. The number of hydrogen-bond donors (Lipinski definition) is 1. The molecule has 6 nitrogen and oxygen atoms in total. The van der Waals surface area contributed by atoms with Gasteiger partial charge in [0.2, 0.25) is 0 Å². The van der Waals surface area contributed by atoms with Crippen LogP contribution in [0.5, 0.6) is 0 Å². The average molecular weight is 476 g/mol. The highest BCUT2D eigenvalue weighted by Crippen LogP contribution is 2.34. The Morgan fingerprint density at radius 1 is 0.912 bits per heavy atom. The maximum Gasteiger partial charge on any atom is 0.340 e. The van der Waals surface area contributed by atoms with Gasteiger partial charge in [0.15, 0.2) is 18.2 Å². The third kappa shape index (κ3) is 4.24. The van der Waals surface area contributed by atoms with Crippen LogP contribution in [0.2, 0.25) is 5.02 Å². The Labute approximate surface area is 201 Å². The van der Waals surface area contributed by atoms with E-state index in [1.807, 2.05) is 39.0 Å². The first-order chi connectivity index (χ1) is 16.2. The molecule has 0 saturated carbocycles. The van der Waals surface area contributed by atoms with Gasteiger partial charge in [0.05, 0.1) is 22.2 Å². The van der Waals surface area contributed by atoms with Gasteiger partial charge in [-0.3, -0.25) is 14.4 Å². The van der Waals surface area contributed by atoms with Crippen LogP contribution < -0.4 is 5.32 Å². The van der Waals surface area contributed by atoms with E-state index in [4.69, 9.17) is 16.3 Å². The van der Waals surface area contributed by atoms with Gasteiger partial charge in [-0.05, 0) is 49.6 Å². The quantitative estimate of drug-likeness (QED) is 0.420. The van der Waals surface area contributed by atoms with E-state index in [2.05, 4.69) is 5.32 Å². The SMILES string of the molecule is Cc1ccc([C@@H](C)NC(=O)COC(=O)c2ccc3c(c2Cl)C(=O)c2ccccc2C3=O)cc1C. The van der Waals surface area contributed by atoms with Crippen LogP contribution in [0.15, 0.2) is 54.6 Å². The summed E-state index contributed by atoms with van der Waals surface area (Å²) in [5.74, 6) is -2.12. The van der Waals surface area contributed by atoms with Gasteiger partial charge in [-0.25, -0.2) is 4.79 Å². The molecule has 3 aromatic rings. The van der Waals surface area contributed by atoms with Crippen molar-refractivity contribution in [2.45, 2.75) is 26.8 Å². The van der Waals surface area contributed by atoms with Crippen LogP contribution in [0.25, 0.3) is 0 Å². The molecule has 1 amide bonds. The molecule has 0 aromatic heterocycles. The highest BCUT2D eigenvalue weighted by molar-refractivity contribution is 6.41. The lowest BCUT2D eigenvalue weighted by Crippen LogP contribution is -2.31.